The van der Waals surface area contributed by atoms with E-state index in [2.05, 4.69) is 23.5 Å². The van der Waals surface area contributed by atoms with E-state index in [1.54, 1.807) is 12.4 Å². The molecule has 1 rings (SSSR count). The summed E-state index contributed by atoms with van der Waals surface area (Å²) in [6, 6.07) is 1.82. The summed E-state index contributed by atoms with van der Waals surface area (Å²) >= 11 is 0. The second-order valence-electron chi connectivity index (χ2n) is 2.36. The largest absolute Gasteiger partial charge is 0.241 e. The summed E-state index contributed by atoms with van der Waals surface area (Å²) in [5.41, 5.74) is 0. The maximum atomic E-state index is 4.14. The molecule has 58 valence electrons. The standard InChI is InChI=1S/C9H12N2/c1-3-8(4-2)9-10-6-5-7-11-9/h3,5-8H,1,4H2,2H3. The van der Waals surface area contributed by atoms with Crippen LogP contribution in [0.4, 0.5) is 0 Å². The van der Waals surface area contributed by atoms with Gasteiger partial charge < -0.3 is 0 Å². The summed E-state index contributed by atoms with van der Waals surface area (Å²) in [6.45, 7) is 5.83. The summed E-state index contributed by atoms with van der Waals surface area (Å²) in [6.07, 6.45) is 6.41. The van der Waals surface area contributed by atoms with Crippen molar-refractivity contribution < 1.29 is 0 Å². The number of rotatable bonds is 3. The Morgan fingerprint density at radius 2 is 2.18 bits per heavy atom. The van der Waals surface area contributed by atoms with Gasteiger partial charge in [0.1, 0.15) is 5.82 Å². The van der Waals surface area contributed by atoms with Gasteiger partial charge in [-0.05, 0) is 12.5 Å². The maximum absolute atomic E-state index is 4.14. The van der Waals surface area contributed by atoms with E-state index in [4.69, 9.17) is 0 Å². The highest BCUT2D eigenvalue weighted by atomic mass is 14.9. The highest BCUT2D eigenvalue weighted by Gasteiger charge is 2.05. The second-order valence-corrected chi connectivity index (χ2v) is 2.36. The zero-order valence-corrected chi connectivity index (χ0v) is 6.70. The lowest BCUT2D eigenvalue weighted by atomic mass is 10.1. The summed E-state index contributed by atoms with van der Waals surface area (Å²) in [5, 5.41) is 0. The molecule has 1 aromatic heterocycles. The molecule has 0 aliphatic heterocycles. The normalized spacial score (nSPS) is 12.5. The number of nitrogens with zero attached hydrogens (tertiary/aromatic N) is 2. The molecule has 1 atom stereocenters. The third kappa shape index (κ3) is 1.87. The van der Waals surface area contributed by atoms with Gasteiger partial charge in [-0.25, -0.2) is 9.97 Å². The molecule has 0 aliphatic rings. The van der Waals surface area contributed by atoms with Gasteiger partial charge in [-0.3, -0.25) is 0 Å². The van der Waals surface area contributed by atoms with Crippen molar-refractivity contribution in [3.63, 3.8) is 0 Å². The molecule has 0 radical (unpaired) electrons. The van der Waals surface area contributed by atoms with Crippen molar-refractivity contribution >= 4 is 0 Å². The predicted octanol–water partition coefficient (Wildman–Crippen LogP) is 2.16. The van der Waals surface area contributed by atoms with Crippen molar-refractivity contribution in [2.75, 3.05) is 0 Å². The number of allylic oxidation sites excluding steroid dienone is 1. The topological polar surface area (TPSA) is 25.8 Å². The van der Waals surface area contributed by atoms with Crippen LogP contribution >= 0.6 is 0 Å². The Morgan fingerprint density at radius 1 is 1.55 bits per heavy atom. The molecular weight excluding hydrogens is 136 g/mol. The molecule has 0 N–H and O–H groups in total. The Hall–Kier alpha value is -1.18. The average molecular weight is 148 g/mol. The van der Waals surface area contributed by atoms with Gasteiger partial charge in [0.15, 0.2) is 0 Å². The fourth-order valence-electron chi connectivity index (χ4n) is 0.957. The van der Waals surface area contributed by atoms with Crippen molar-refractivity contribution in [1.82, 2.24) is 9.97 Å². The van der Waals surface area contributed by atoms with Crippen LogP contribution < -0.4 is 0 Å². The monoisotopic (exact) mass is 148 g/mol. The molecule has 0 aliphatic carbocycles. The zero-order chi connectivity index (χ0) is 8.10. The molecule has 0 fully saturated rings. The van der Waals surface area contributed by atoms with Gasteiger partial charge in [-0.1, -0.05) is 13.0 Å². The van der Waals surface area contributed by atoms with Crippen LogP contribution in [0.3, 0.4) is 0 Å². The Labute approximate surface area is 67.0 Å². The van der Waals surface area contributed by atoms with Crippen molar-refractivity contribution in [2.45, 2.75) is 19.3 Å². The van der Waals surface area contributed by atoms with Gasteiger partial charge in [-0.2, -0.15) is 0 Å². The first-order valence-corrected chi connectivity index (χ1v) is 3.78. The zero-order valence-electron chi connectivity index (χ0n) is 6.70. The van der Waals surface area contributed by atoms with Crippen LogP contribution in [-0.2, 0) is 0 Å². The average Bonchev–Trinajstić information content (AvgIpc) is 2.09. The maximum Gasteiger partial charge on any atom is 0.134 e. The van der Waals surface area contributed by atoms with Gasteiger partial charge in [0, 0.05) is 18.3 Å². The molecule has 0 spiro atoms. The molecule has 0 aromatic carbocycles. The van der Waals surface area contributed by atoms with Crippen molar-refractivity contribution in [2.24, 2.45) is 0 Å². The smallest absolute Gasteiger partial charge is 0.134 e. The minimum absolute atomic E-state index is 0.302. The van der Waals surface area contributed by atoms with E-state index < -0.39 is 0 Å². The van der Waals surface area contributed by atoms with Crippen molar-refractivity contribution in [3.8, 4) is 0 Å². The Kier molecular flexibility index (Phi) is 2.78. The van der Waals surface area contributed by atoms with E-state index in [-0.39, 0.29) is 0 Å². The van der Waals surface area contributed by atoms with Gasteiger partial charge in [0.25, 0.3) is 0 Å². The molecule has 2 nitrogen and oxygen atoms in total. The summed E-state index contributed by atoms with van der Waals surface area (Å²) in [7, 11) is 0. The lowest BCUT2D eigenvalue weighted by Gasteiger charge is -2.05. The minimum atomic E-state index is 0.302. The van der Waals surface area contributed by atoms with Crippen LogP contribution in [0.5, 0.6) is 0 Å². The quantitative estimate of drug-likeness (QED) is 0.614. The van der Waals surface area contributed by atoms with Crippen molar-refractivity contribution in [1.29, 1.82) is 0 Å². The van der Waals surface area contributed by atoms with Gasteiger partial charge in [0.2, 0.25) is 0 Å². The summed E-state index contributed by atoms with van der Waals surface area (Å²) in [4.78, 5) is 8.28. The lowest BCUT2D eigenvalue weighted by molar-refractivity contribution is 0.740. The van der Waals surface area contributed by atoms with E-state index in [1.807, 2.05) is 12.1 Å². The first-order valence-electron chi connectivity index (χ1n) is 3.78. The van der Waals surface area contributed by atoms with Crippen LogP contribution in [0, 0.1) is 0 Å². The van der Waals surface area contributed by atoms with Crippen LogP contribution in [0.1, 0.15) is 25.1 Å². The van der Waals surface area contributed by atoms with Crippen molar-refractivity contribution in [3.05, 3.63) is 36.9 Å². The third-order valence-corrected chi connectivity index (χ3v) is 1.64. The summed E-state index contributed by atoms with van der Waals surface area (Å²) in [5.74, 6) is 1.17. The molecular formula is C9H12N2. The third-order valence-electron chi connectivity index (χ3n) is 1.64. The SMILES string of the molecule is C=CC(CC)c1ncccn1. The highest BCUT2D eigenvalue weighted by Crippen LogP contribution is 2.14. The number of hydrogen-bond acceptors (Lipinski definition) is 2. The molecule has 11 heavy (non-hydrogen) atoms. The molecule has 2 heteroatoms. The van der Waals surface area contributed by atoms with Crippen LogP contribution in [-0.4, -0.2) is 9.97 Å². The first kappa shape index (κ1) is 7.92. The highest BCUT2D eigenvalue weighted by molar-refractivity contribution is 5.04. The molecule has 1 aromatic rings. The van der Waals surface area contributed by atoms with Gasteiger partial charge >= 0.3 is 0 Å². The molecule has 0 amide bonds. The Balaban J connectivity index is 2.82. The van der Waals surface area contributed by atoms with Crippen LogP contribution in [0.15, 0.2) is 31.1 Å². The Bertz CT molecular complexity index is 218. The second kappa shape index (κ2) is 3.86. The van der Waals surface area contributed by atoms with Crippen LogP contribution in [0.25, 0.3) is 0 Å². The fourth-order valence-corrected chi connectivity index (χ4v) is 0.957. The molecule has 1 heterocycles. The van der Waals surface area contributed by atoms with E-state index in [0.29, 0.717) is 5.92 Å². The predicted molar refractivity (Wildman–Crippen MR) is 45.3 cm³/mol. The van der Waals surface area contributed by atoms with Crippen LogP contribution in [0.2, 0.25) is 0 Å². The van der Waals surface area contributed by atoms with Gasteiger partial charge in [-0.15, -0.1) is 6.58 Å². The molecule has 0 saturated heterocycles. The molecule has 0 bridgehead atoms. The number of hydrogen-bond donors (Lipinski definition) is 0. The summed E-state index contributed by atoms with van der Waals surface area (Å²) < 4.78 is 0. The van der Waals surface area contributed by atoms with Gasteiger partial charge in [0.05, 0.1) is 0 Å². The van der Waals surface area contributed by atoms with E-state index in [0.717, 1.165) is 12.2 Å². The fraction of sp³-hybridized carbons (Fsp3) is 0.333. The Morgan fingerprint density at radius 3 is 2.64 bits per heavy atom. The number of aromatic nitrogens is 2. The van der Waals surface area contributed by atoms with E-state index >= 15 is 0 Å². The minimum Gasteiger partial charge on any atom is -0.241 e. The molecule has 0 saturated carbocycles. The first-order chi connectivity index (χ1) is 5.38. The van der Waals surface area contributed by atoms with E-state index in [9.17, 15) is 0 Å². The lowest BCUT2D eigenvalue weighted by Crippen LogP contribution is -1.98. The molecule has 1 unspecified atom stereocenters. The van der Waals surface area contributed by atoms with E-state index in [1.165, 1.54) is 0 Å².